The summed E-state index contributed by atoms with van der Waals surface area (Å²) in [6.07, 6.45) is 1.43. The lowest BCUT2D eigenvalue weighted by molar-refractivity contribution is -0.464. The monoisotopic (exact) mass is 238 g/mol. The average Bonchev–Trinajstić information content (AvgIpc) is 2.68. The molecule has 2 rings (SSSR count). The first-order valence-electron chi connectivity index (χ1n) is 5.15. The Bertz CT molecular complexity index is 446. The molecular formula is C10H11FN4O2. The summed E-state index contributed by atoms with van der Waals surface area (Å²) >= 11 is 0. The Hall–Kier alpha value is -2.05. The molecule has 0 unspecified atom stereocenters. The second kappa shape index (κ2) is 4.86. The van der Waals surface area contributed by atoms with Gasteiger partial charge in [-0.05, 0) is 11.6 Å². The highest BCUT2D eigenvalue weighted by Gasteiger charge is 2.21. The standard InChI is InChI=1S/C10H11FN4O2/c11-9-2-1-8(5-13-9)6-14-4-3-12-10(14)7-15(16)17/h1-2,5H,3-4,6-7H2. The molecule has 1 aromatic rings. The van der Waals surface area contributed by atoms with Gasteiger partial charge in [0.15, 0.2) is 5.84 Å². The van der Waals surface area contributed by atoms with Crippen LogP contribution in [0.5, 0.6) is 0 Å². The van der Waals surface area contributed by atoms with Crippen LogP contribution in [0.1, 0.15) is 5.56 Å². The van der Waals surface area contributed by atoms with Crippen LogP contribution >= 0.6 is 0 Å². The SMILES string of the molecule is O=[N+]([O-])CC1=NCCN1Cc1ccc(F)nc1. The van der Waals surface area contributed by atoms with Crippen molar-refractivity contribution in [2.75, 3.05) is 19.6 Å². The molecule has 0 amide bonds. The molecule has 6 nitrogen and oxygen atoms in total. The van der Waals surface area contributed by atoms with Crippen molar-refractivity contribution in [2.24, 2.45) is 4.99 Å². The van der Waals surface area contributed by atoms with E-state index in [4.69, 9.17) is 0 Å². The van der Waals surface area contributed by atoms with E-state index in [0.29, 0.717) is 25.5 Å². The van der Waals surface area contributed by atoms with Crippen LogP contribution in [0.25, 0.3) is 0 Å². The maximum Gasteiger partial charge on any atom is 0.260 e. The van der Waals surface area contributed by atoms with E-state index >= 15 is 0 Å². The summed E-state index contributed by atoms with van der Waals surface area (Å²) in [7, 11) is 0. The lowest BCUT2D eigenvalue weighted by Crippen LogP contribution is -2.32. The summed E-state index contributed by atoms with van der Waals surface area (Å²) in [5.41, 5.74) is 0.810. The van der Waals surface area contributed by atoms with E-state index in [9.17, 15) is 14.5 Å². The zero-order chi connectivity index (χ0) is 12.3. The summed E-state index contributed by atoms with van der Waals surface area (Å²) < 4.78 is 12.6. The first-order chi connectivity index (χ1) is 8.15. The molecule has 1 aromatic heterocycles. The van der Waals surface area contributed by atoms with Crippen molar-refractivity contribution in [3.63, 3.8) is 0 Å². The molecule has 2 heterocycles. The Morgan fingerprint density at radius 1 is 1.53 bits per heavy atom. The summed E-state index contributed by atoms with van der Waals surface area (Å²) in [6, 6.07) is 2.89. The van der Waals surface area contributed by atoms with Crippen molar-refractivity contribution >= 4 is 5.84 Å². The Morgan fingerprint density at radius 2 is 2.35 bits per heavy atom. The molecule has 0 saturated carbocycles. The number of hydrogen-bond acceptors (Lipinski definition) is 5. The number of hydrogen-bond donors (Lipinski definition) is 0. The lowest BCUT2D eigenvalue weighted by atomic mass is 10.2. The van der Waals surface area contributed by atoms with Gasteiger partial charge < -0.3 is 4.90 Å². The summed E-state index contributed by atoms with van der Waals surface area (Å²) in [5.74, 6) is -0.0614. The third-order valence-corrected chi connectivity index (χ3v) is 2.46. The van der Waals surface area contributed by atoms with Crippen LogP contribution in [0.15, 0.2) is 23.3 Å². The smallest absolute Gasteiger partial charge is 0.260 e. The van der Waals surface area contributed by atoms with Crippen LogP contribution in [0.3, 0.4) is 0 Å². The molecule has 17 heavy (non-hydrogen) atoms. The summed E-state index contributed by atoms with van der Waals surface area (Å²) in [4.78, 5) is 19.5. The molecule has 0 fully saturated rings. The number of aromatic nitrogens is 1. The number of rotatable bonds is 4. The molecule has 0 aliphatic carbocycles. The molecule has 0 saturated heterocycles. The highest BCUT2D eigenvalue weighted by molar-refractivity contribution is 5.84. The van der Waals surface area contributed by atoms with Crippen molar-refractivity contribution < 1.29 is 9.31 Å². The molecule has 0 aromatic carbocycles. The van der Waals surface area contributed by atoms with Gasteiger partial charge >= 0.3 is 0 Å². The molecule has 0 spiro atoms. The minimum atomic E-state index is -0.533. The van der Waals surface area contributed by atoms with Gasteiger partial charge in [0.05, 0.1) is 6.54 Å². The predicted molar refractivity (Wildman–Crippen MR) is 58.8 cm³/mol. The van der Waals surface area contributed by atoms with Crippen molar-refractivity contribution in [3.05, 3.63) is 40.0 Å². The first-order valence-corrected chi connectivity index (χ1v) is 5.15. The molecular weight excluding hydrogens is 227 g/mol. The third kappa shape index (κ3) is 2.96. The van der Waals surface area contributed by atoms with Crippen LogP contribution in [-0.2, 0) is 6.54 Å². The number of aliphatic imine (C=N–C) groups is 1. The van der Waals surface area contributed by atoms with E-state index < -0.39 is 10.9 Å². The van der Waals surface area contributed by atoms with E-state index in [1.807, 2.05) is 4.90 Å². The molecule has 0 radical (unpaired) electrons. The Balaban J connectivity index is 2.01. The van der Waals surface area contributed by atoms with Gasteiger partial charge in [0, 0.05) is 24.2 Å². The highest BCUT2D eigenvalue weighted by Crippen LogP contribution is 2.09. The Morgan fingerprint density at radius 3 is 3.00 bits per heavy atom. The van der Waals surface area contributed by atoms with Gasteiger partial charge in [-0.2, -0.15) is 4.39 Å². The Kier molecular flexibility index (Phi) is 3.27. The van der Waals surface area contributed by atoms with Gasteiger partial charge in [-0.1, -0.05) is 6.07 Å². The molecule has 0 atom stereocenters. The Labute approximate surface area is 96.9 Å². The van der Waals surface area contributed by atoms with Crippen LogP contribution in [0, 0.1) is 16.1 Å². The minimum absolute atomic E-state index is 0.269. The zero-order valence-corrected chi connectivity index (χ0v) is 9.04. The average molecular weight is 238 g/mol. The zero-order valence-electron chi connectivity index (χ0n) is 9.04. The first kappa shape index (κ1) is 11.4. The second-order valence-electron chi connectivity index (χ2n) is 3.70. The van der Waals surface area contributed by atoms with Crippen LogP contribution in [0.4, 0.5) is 4.39 Å². The molecule has 0 bridgehead atoms. The molecule has 1 aliphatic rings. The summed E-state index contributed by atoms with van der Waals surface area (Å²) in [5, 5.41) is 10.4. The van der Waals surface area contributed by atoms with Crippen molar-refractivity contribution in [3.8, 4) is 0 Å². The van der Waals surface area contributed by atoms with Gasteiger partial charge in [-0.3, -0.25) is 15.1 Å². The topological polar surface area (TPSA) is 71.6 Å². The van der Waals surface area contributed by atoms with Gasteiger partial charge in [0.25, 0.3) is 6.54 Å². The fourth-order valence-electron chi connectivity index (χ4n) is 1.68. The predicted octanol–water partition coefficient (Wildman–Crippen LogP) is 0.711. The molecule has 90 valence electrons. The highest BCUT2D eigenvalue weighted by atomic mass is 19.1. The second-order valence-corrected chi connectivity index (χ2v) is 3.70. The lowest BCUT2D eigenvalue weighted by Gasteiger charge is -2.17. The number of nitro groups is 1. The maximum absolute atomic E-state index is 12.6. The van der Waals surface area contributed by atoms with E-state index in [1.54, 1.807) is 6.07 Å². The quantitative estimate of drug-likeness (QED) is 0.440. The third-order valence-electron chi connectivity index (χ3n) is 2.46. The number of amidine groups is 1. The van der Waals surface area contributed by atoms with E-state index in [0.717, 1.165) is 5.56 Å². The molecule has 7 heteroatoms. The van der Waals surface area contributed by atoms with Gasteiger partial charge in [-0.15, -0.1) is 0 Å². The van der Waals surface area contributed by atoms with Gasteiger partial charge in [0.1, 0.15) is 0 Å². The van der Waals surface area contributed by atoms with Crippen molar-refractivity contribution in [2.45, 2.75) is 6.54 Å². The number of nitrogens with zero attached hydrogens (tertiary/aromatic N) is 4. The largest absolute Gasteiger partial charge is 0.349 e. The van der Waals surface area contributed by atoms with Gasteiger partial charge in [0.2, 0.25) is 5.95 Å². The van der Waals surface area contributed by atoms with E-state index in [1.165, 1.54) is 12.3 Å². The van der Waals surface area contributed by atoms with Crippen LogP contribution < -0.4 is 0 Å². The van der Waals surface area contributed by atoms with E-state index in [2.05, 4.69) is 9.98 Å². The maximum atomic E-state index is 12.6. The minimum Gasteiger partial charge on any atom is -0.349 e. The fourth-order valence-corrected chi connectivity index (χ4v) is 1.68. The van der Waals surface area contributed by atoms with Gasteiger partial charge in [-0.25, -0.2) is 4.98 Å². The normalized spacial score (nSPS) is 14.9. The van der Waals surface area contributed by atoms with Crippen molar-refractivity contribution in [1.82, 2.24) is 9.88 Å². The summed E-state index contributed by atoms with van der Waals surface area (Å²) in [6.45, 7) is 1.42. The number of halogens is 1. The molecule has 1 aliphatic heterocycles. The van der Waals surface area contributed by atoms with Crippen molar-refractivity contribution in [1.29, 1.82) is 0 Å². The molecule has 0 N–H and O–H groups in total. The fraction of sp³-hybridized carbons (Fsp3) is 0.400. The van der Waals surface area contributed by atoms with Crippen LogP contribution in [0.2, 0.25) is 0 Å². The number of pyridine rings is 1. The van der Waals surface area contributed by atoms with Crippen LogP contribution in [-0.4, -0.2) is 40.3 Å². The van der Waals surface area contributed by atoms with E-state index in [-0.39, 0.29) is 6.54 Å².